The Morgan fingerprint density at radius 1 is 1.11 bits per heavy atom. The standard InChI is InChI=1S/C23H32N2O2/c1-25(2)16-19-12-10-18(11-13-19)14-24-15-21(26)17-27-23-9-5-7-20-6-3-4-8-22(20)23/h3-4,6,8,10-13,21,23-24,26H,5,7,9,14-17H2,1-2H3/t21-,23+/m0/s1. The van der Waals surface area contributed by atoms with Crippen molar-refractivity contribution in [1.82, 2.24) is 10.2 Å². The second-order valence-electron chi connectivity index (χ2n) is 7.75. The van der Waals surface area contributed by atoms with Crippen molar-refractivity contribution in [1.29, 1.82) is 0 Å². The lowest BCUT2D eigenvalue weighted by Gasteiger charge is -2.26. The molecule has 0 amide bonds. The molecule has 27 heavy (non-hydrogen) atoms. The molecule has 2 aromatic carbocycles. The molecule has 0 fully saturated rings. The highest BCUT2D eigenvalue weighted by Gasteiger charge is 2.21. The van der Waals surface area contributed by atoms with Gasteiger partial charge in [-0.1, -0.05) is 48.5 Å². The number of aliphatic hydroxyl groups is 1. The zero-order chi connectivity index (χ0) is 19.1. The van der Waals surface area contributed by atoms with Crippen molar-refractivity contribution in [2.45, 2.75) is 44.6 Å². The van der Waals surface area contributed by atoms with Crippen molar-refractivity contribution >= 4 is 0 Å². The van der Waals surface area contributed by atoms with Gasteiger partial charge in [0.2, 0.25) is 0 Å². The first kappa shape index (κ1) is 20.0. The summed E-state index contributed by atoms with van der Waals surface area (Å²) in [6.07, 6.45) is 2.95. The molecule has 146 valence electrons. The van der Waals surface area contributed by atoms with Crippen molar-refractivity contribution in [3.05, 3.63) is 70.8 Å². The molecule has 2 aromatic rings. The molecular weight excluding hydrogens is 336 g/mol. The Morgan fingerprint density at radius 3 is 2.63 bits per heavy atom. The summed E-state index contributed by atoms with van der Waals surface area (Å²) in [5, 5.41) is 13.6. The molecule has 2 atom stereocenters. The van der Waals surface area contributed by atoms with E-state index in [2.05, 4.69) is 72.8 Å². The van der Waals surface area contributed by atoms with E-state index in [4.69, 9.17) is 4.74 Å². The van der Waals surface area contributed by atoms with E-state index in [9.17, 15) is 5.11 Å². The lowest BCUT2D eigenvalue weighted by molar-refractivity contribution is -0.0167. The number of ether oxygens (including phenoxy) is 1. The average Bonchev–Trinajstić information content (AvgIpc) is 2.67. The van der Waals surface area contributed by atoms with Crippen LogP contribution < -0.4 is 5.32 Å². The average molecular weight is 369 g/mol. The van der Waals surface area contributed by atoms with Crippen LogP contribution in [0.2, 0.25) is 0 Å². The van der Waals surface area contributed by atoms with E-state index in [1.54, 1.807) is 0 Å². The maximum absolute atomic E-state index is 10.3. The number of aliphatic hydroxyl groups excluding tert-OH is 1. The van der Waals surface area contributed by atoms with Crippen LogP contribution in [0.15, 0.2) is 48.5 Å². The fourth-order valence-corrected chi connectivity index (χ4v) is 3.68. The molecule has 4 heteroatoms. The minimum Gasteiger partial charge on any atom is -0.389 e. The normalized spacial score (nSPS) is 17.7. The first-order valence-corrected chi connectivity index (χ1v) is 9.92. The van der Waals surface area contributed by atoms with E-state index < -0.39 is 6.10 Å². The third kappa shape index (κ3) is 6.15. The molecule has 4 nitrogen and oxygen atoms in total. The van der Waals surface area contributed by atoms with E-state index >= 15 is 0 Å². The predicted octanol–water partition coefficient (Wildman–Crippen LogP) is 3.29. The van der Waals surface area contributed by atoms with Crippen LogP contribution in [0.3, 0.4) is 0 Å². The minimum absolute atomic E-state index is 0.119. The van der Waals surface area contributed by atoms with Crippen LogP contribution >= 0.6 is 0 Å². The number of hydrogen-bond acceptors (Lipinski definition) is 4. The summed E-state index contributed by atoms with van der Waals surface area (Å²) < 4.78 is 6.03. The van der Waals surface area contributed by atoms with Gasteiger partial charge >= 0.3 is 0 Å². The molecule has 1 aliphatic carbocycles. The smallest absolute Gasteiger partial charge is 0.0898 e. The van der Waals surface area contributed by atoms with Gasteiger partial charge < -0.3 is 20.1 Å². The molecule has 0 heterocycles. The number of nitrogens with zero attached hydrogens (tertiary/aromatic N) is 1. The van der Waals surface area contributed by atoms with Gasteiger partial charge in [-0.25, -0.2) is 0 Å². The molecule has 0 spiro atoms. The molecule has 1 aliphatic rings. The van der Waals surface area contributed by atoms with E-state index in [0.717, 1.165) is 32.4 Å². The fourth-order valence-electron chi connectivity index (χ4n) is 3.68. The Kier molecular flexibility index (Phi) is 7.41. The predicted molar refractivity (Wildman–Crippen MR) is 110 cm³/mol. The molecule has 2 N–H and O–H groups in total. The molecular formula is C23H32N2O2. The lowest BCUT2D eigenvalue weighted by Crippen LogP contribution is -2.31. The molecule has 0 aliphatic heterocycles. The minimum atomic E-state index is -0.493. The maximum atomic E-state index is 10.3. The largest absolute Gasteiger partial charge is 0.389 e. The summed E-state index contributed by atoms with van der Waals surface area (Å²) in [7, 11) is 4.15. The highest BCUT2D eigenvalue weighted by atomic mass is 16.5. The number of benzene rings is 2. The SMILES string of the molecule is CN(C)Cc1ccc(CNC[C@H](O)CO[C@@H]2CCCc3ccccc32)cc1. The van der Waals surface area contributed by atoms with Gasteiger partial charge in [-0.15, -0.1) is 0 Å². The molecule has 0 saturated carbocycles. The first-order valence-electron chi connectivity index (χ1n) is 9.92. The lowest BCUT2D eigenvalue weighted by atomic mass is 9.89. The van der Waals surface area contributed by atoms with Crippen LogP contribution in [-0.4, -0.2) is 43.4 Å². The zero-order valence-electron chi connectivity index (χ0n) is 16.5. The van der Waals surface area contributed by atoms with Crippen molar-refractivity contribution in [2.75, 3.05) is 27.2 Å². The summed E-state index contributed by atoms with van der Waals surface area (Å²) in [5.74, 6) is 0. The first-order chi connectivity index (χ1) is 13.1. The van der Waals surface area contributed by atoms with Gasteiger partial charge in [0.05, 0.1) is 18.8 Å². The van der Waals surface area contributed by atoms with Gasteiger partial charge in [0, 0.05) is 19.6 Å². The van der Waals surface area contributed by atoms with E-state index in [-0.39, 0.29) is 6.10 Å². The van der Waals surface area contributed by atoms with Crippen LogP contribution in [0.25, 0.3) is 0 Å². The van der Waals surface area contributed by atoms with Gasteiger partial charge in [-0.3, -0.25) is 0 Å². The summed E-state index contributed by atoms with van der Waals surface area (Å²) in [5.41, 5.74) is 5.22. The second kappa shape index (κ2) is 10.00. The molecule has 0 aromatic heterocycles. The Balaban J connectivity index is 1.38. The number of fused-ring (bicyclic) bond motifs is 1. The van der Waals surface area contributed by atoms with Gasteiger partial charge in [0.1, 0.15) is 0 Å². The van der Waals surface area contributed by atoms with Crippen LogP contribution in [0.1, 0.15) is 41.2 Å². The molecule has 0 bridgehead atoms. The van der Waals surface area contributed by atoms with Gasteiger partial charge in [-0.2, -0.15) is 0 Å². The zero-order valence-corrected chi connectivity index (χ0v) is 16.5. The summed E-state index contributed by atoms with van der Waals surface area (Å²) in [6, 6.07) is 17.1. The topological polar surface area (TPSA) is 44.7 Å². The monoisotopic (exact) mass is 368 g/mol. The number of hydrogen-bond donors (Lipinski definition) is 2. The number of rotatable bonds is 9. The highest BCUT2D eigenvalue weighted by Crippen LogP contribution is 2.32. The molecule has 0 radical (unpaired) electrons. The maximum Gasteiger partial charge on any atom is 0.0898 e. The quantitative estimate of drug-likeness (QED) is 0.713. The van der Waals surface area contributed by atoms with Crippen molar-refractivity contribution in [2.24, 2.45) is 0 Å². The van der Waals surface area contributed by atoms with Crippen LogP contribution in [0.4, 0.5) is 0 Å². The van der Waals surface area contributed by atoms with Crippen LogP contribution in [0, 0.1) is 0 Å². The third-order valence-electron chi connectivity index (χ3n) is 5.04. The van der Waals surface area contributed by atoms with Gasteiger partial charge in [0.25, 0.3) is 0 Å². The van der Waals surface area contributed by atoms with Crippen LogP contribution in [-0.2, 0) is 24.2 Å². The molecule has 3 rings (SSSR count). The van der Waals surface area contributed by atoms with Crippen molar-refractivity contribution < 1.29 is 9.84 Å². The Bertz CT molecular complexity index is 700. The summed E-state index contributed by atoms with van der Waals surface area (Å²) in [6.45, 7) is 2.61. The van der Waals surface area contributed by atoms with Crippen molar-refractivity contribution in [3.8, 4) is 0 Å². The summed E-state index contributed by atoms with van der Waals surface area (Å²) in [4.78, 5) is 2.16. The Morgan fingerprint density at radius 2 is 1.85 bits per heavy atom. The Hall–Kier alpha value is -1.72. The molecule has 0 unspecified atom stereocenters. The van der Waals surface area contributed by atoms with Gasteiger partial charge in [-0.05, 0) is 55.6 Å². The number of nitrogens with one attached hydrogen (secondary N) is 1. The van der Waals surface area contributed by atoms with E-state index in [1.165, 1.54) is 22.3 Å². The second-order valence-corrected chi connectivity index (χ2v) is 7.75. The van der Waals surface area contributed by atoms with Crippen molar-refractivity contribution in [3.63, 3.8) is 0 Å². The summed E-state index contributed by atoms with van der Waals surface area (Å²) >= 11 is 0. The van der Waals surface area contributed by atoms with Gasteiger partial charge in [0.15, 0.2) is 0 Å². The van der Waals surface area contributed by atoms with E-state index in [0.29, 0.717) is 13.2 Å². The van der Waals surface area contributed by atoms with Crippen LogP contribution in [0.5, 0.6) is 0 Å². The fraction of sp³-hybridized carbons (Fsp3) is 0.478. The number of aryl methyl sites for hydroxylation is 1. The highest BCUT2D eigenvalue weighted by molar-refractivity contribution is 5.31. The Labute approximate surface area is 163 Å². The van der Waals surface area contributed by atoms with E-state index in [1.807, 2.05) is 0 Å². The molecule has 0 saturated heterocycles. The third-order valence-corrected chi connectivity index (χ3v) is 5.04.